The first kappa shape index (κ1) is 21.1. The van der Waals surface area contributed by atoms with E-state index in [9.17, 15) is 4.79 Å². The average molecular weight is 403 g/mol. The lowest BCUT2D eigenvalue weighted by Gasteiger charge is -2.12. The highest BCUT2D eigenvalue weighted by molar-refractivity contribution is 5.75. The molecule has 1 saturated heterocycles. The molecular formula is C20H29N5O4. The van der Waals surface area contributed by atoms with Gasteiger partial charge in [0, 0.05) is 19.6 Å². The summed E-state index contributed by atoms with van der Waals surface area (Å²) < 4.78 is 17.7. The van der Waals surface area contributed by atoms with Crippen molar-refractivity contribution in [3.63, 3.8) is 0 Å². The van der Waals surface area contributed by atoms with Crippen molar-refractivity contribution < 1.29 is 19.0 Å². The van der Waals surface area contributed by atoms with Gasteiger partial charge < -0.3 is 25.3 Å². The smallest absolute Gasteiger partial charge is 0.241 e. The first-order valence-corrected chi connectivity index (χ1v) is 9.78. The van der Waals surface area contributed by atoms with Crippen LogP contribution in [0, 0.1) is 0 Å². The number of hydrogen-bond donors (Lipinski definition) is 2. The number of nitrogens with one attached hydrogen (secondary N) is 1. The normalized spacial score (nSPS) is 17.2. The van der Waals surface area contributed by atoms with Crippen LogP contribution in [0.2, 0.25) is 0 Å². The van der Waals surface area contributed by atoms with Gasteiger partial charge in [-0.3, -0.25) is 4.79 Å². The highest BCUT2D eigenvalue weighted by Crippen LogP contribution is 2.28. The van der Waals surface area contributed by atoms with Gasteiger partial charge in [0.05, 0.1) is 26.4 Å². The Balaban J connectivity index is 1.68. The number of rotatable bonds is 9. The second-order valence-corrected chi connectivity index (χ2v) is 7.14. The minimum absolute atomic E-state index is 0.0720. The molecule has 0 radical (unpaired) electrons. The third-order valence-corrected chi connectivity index (χ3v) is 4.81. The summed E-state index contributed by atoms with van der Waals surface area (Å²) in [6.45, 7) is 3.17. The number of nitrogens with zero attached hydrogens (tertiary/aromatic N) is 3. The summed E-state index contributed by atoms with van der Waals surface area (Å²) in [5.41, 5.74) is 7.01. The summed E-state index contributed by atoms with van der Waals surface area (Å²) in [5.74, 6) is 2.34. The molecule has 1 aliphatic heterocycles. The molecule has 2 heterocycles. The van der Waals surface area contributed by atoms with Crippen molar-refractivity contribution >= 4 is 5.91 Å². The summed E-state index contributed by atoms with van der Waals surface area (Å²) in [5, 5.41) is 7.41. The molecule has 29 heavy (non-hydrogen) atoms. The molecule has 1 aromatic heterocycles. The number of hydrogen-bond acceptors (Lipinski definition) is 7. The molecule has 3 N–H and O–H groups in total. The van der Waals surface area contributed by atoms with E-state index in [2.05, 4.69) is 15.4 Å². The maximum absolute atomic E-state index is 12.3. The predicted molar refractivity (Wildman–Crippen MR) is 107 cm³/mol. The van der Waals surface area contributed by atoms with Crippen LogP contribution in [0.4, 0.5) is 0 Å². The highest BCUT2D eigenvalue weighted by Gasteiger charge is 2.19. The van der Waals surface area contributed by atoms with Crippen LogP contribution in [0.1, 0.15) is 43.0 Å². The van der Waals surface area contributed by atoms with Crippen LogP contribution >= 0.6 is 0 Å². The van der Waals surface area contributed by atoms with E-state index in [0.717, 1.165) is 25.0 Å². The van der Waals surface area contributed by atoms with E-state index < -0.39 is 0 Å². The molecule has 0 aliphatic carbocycles. The number of carbonyl (C=O) groups excluding carboxylic acids is 1. The van der Waals surface area contributed by atoms with Gasteiger partial charge in [0.2, 0.25) is 5.91 Å². The van der Waals surface area contributed by atoms with Crippen molar-refractivity contribution in [2.45, 2.75) is 44.9 Å². The van der Waals surface area contributed by atoms with Gasteiger partial charge in [-0.2, -0.15) is 5.10 Å². The third kappa shape index (κ3) is 5.45. The molecule has 0 spiro atoms. The van der Waals surface area contributed by atoms with Gasteiger partial charge >= 0.3 is 0 Å². The van der Waals surface area contributed by atoms with Crippen LogP contribution in [0.15, 0.2) is 18.2 Å². The van der Waals surface area contributed by atoms with Gasteiger partial charge in [-0.15, -0.1) is 0 Å². The molecule has 9 nitrogen and oxygen atoms in total. The van der Waals surface area contributed by atoms with Crippen molar-refractivity contribution in [2.75, 3.05) is 27.4 Å². The summed E-state index contributed by atoms with van der Waals surface area (Å²) in [4.78, 5) is 16.9. The number of methoxy groups -OCH3 is 2. The first-order valence-electron chi connectivity index (χ1n) is 9.78. The minimum atomic E-state index is -0.340. The minimum Gasteiger partial charge on any atom is -0.493 e. The molecule has 158 valence electrons. The second-order valence-electron chi connectivity index (χ2n) is 7.14. The van der Waals surface area contributed by atoms with Crippen molar-refractivity contribution in [2.24, 2.45) is 5.73 Å². The van der Waals surface area contributed by atoms with Crippen molar-refractivity contribution in [1.29, 1.82) is 0 Å². The van der Waals surface area contributed by atoms with Gasteiger partial charge in [0.1, 0.15) is 12.4 Å². The molecule has 9 heteroatoms. The second kappa shape index (κ2) is 9.71. The Kier molecular flexibility index (Phi) is 7.05. The quantitative estimate of drug-likeness (QED) is 0.647. The van der Waals surface area contributed by atoms with Gasteiger partial charge in [-0.25, -0.2) is 9.67 Å². The monoisotopic (exact) mass is 403 g/mol. The first-order chi connectivity index (χ1) is 14.0. The lowest BCUT2D eigenvalue weighted by atomic mass is 10.1. The van der Waals surface area contributed by atoms with Crippen molar-refractivity contribution in [3.8, 4) is 11.5 Å². The zero-order chi connectivity index (χ0) is 20.8. The van der Waals surface area contributed by atoms with E-state index in [1.54, 1.807) is 18.9 Å². The van der Waals surface area contributed by atoms with Gasteiger partial charge in [-0.1, -0.05) is 6.07 Å². The molecule has 0 bridgehead atoms. The number of aromatic nitrogens is 3. The molecule has 1 aromatic carbocycles. The van der Waals surface area contributed by atoms with E-state index in [4.69, 9.17) is 19.9 Å². The summed E-state index contributed by atoms with van der Waals surface area (Å²) in [7, 11) is 3.19. The Labute approximate surface area is 170 Å². The summed E-state index contributed by atoms with van der Waals surface area (Å²) in [6.07, 6.45) is 2.61. The van der Waals surface area contributed by atoms with E-state index in [1.165, 1.54) is 0 Å². The molecule has 2 unspecified atom stereocenters. The van der Waals surface area contributed by atoms with E-state index in [1.807, 2.05) is 25.1 Å². The third-order valence-electron chi connectivity index (χ3n) is 4.81. The lowest BCUT2D eigenvalue weighted by Crippen LogP contribution is -2.35. The largest absolute Gasteiger partial charge is 0.493 e. The molecule has 1 aliphatic rings. The zero-order valence-corrected chi connectivity index (χ0v) is 17.2. The molecule has 1 fully saturated rings. The molecule has 0 saturated carbocycles. The standard InChI is InChI=1S/C20H29N5O4/c1-13(21)20-23-18(10-14-6-7-16(27-2)17(9-14)28-3)24-25(20)12-19(26)22-11-15-5-4-8-29-15/h6-7,9,13,15H,4-5,8,10-12,21H2,1-3H3,(H,22,26). The average Bonchev–Trinajstić information content (AvgIpc) is 3.36. The fourth-order valence-corrected chi connectivity index (χ4v) is 3.33. The predicted octanol–water partition coefficient (Wildman–Crippen LogP) is 1.20. The Morgan fingerprint density at radius 2 is 2.17 bits per heavy atom. The fraction of sp³-hybridized carbons (Fsp3) is 0.550. The molecule has 1 amide bonds. The topological polar surface area (TPSA) is 114 Å². The van der Waals surface area contributed by atoms with Crippen LogP contribution in [0.25, 0.3) is 0 Å². The van der Waals surface area contributed by atoms with Gasteiger partial charge in [-0.05, 0) is 37.5 Å². The molecular weight excluding hydrogens is 374 g/mol. The lowest BCUT2D eigenvalue weighted by molar-refractivity contribution is -0.122. The molecule has 3 rings (SSSR count). The molecule has 2 aromatic rings. The Morgan fingerprint density at radius 1 is 1.38 bits per heavy atom. The van der Waals surface area contributed by atoms with Crippen LogP contribution in [-0.2, 0) is 22.5 Å². The fourth-order valence-electron chi connectivity index (χ4n) is 3.33. The van der Waals surface area contributed by atoms with Crippen LogP contribution in [0.5, 0.6) is 11.5 Å². The van der Waals surface area contributed by atoms with E-state index in [0.29, 0.717) is 36.1 Å². The van der Waals surface area contributed by atoms with E-state index >= 15 is 0 Å². The Hall–Kier alpha value is -2.65. The van der Waals surface area contributed by atoms with Crippen LogP contribution in [0.3, 0.4) is 0 Å². The Bertz CT molecular complexity index is 830. The number of ether oxygens (including phenoxy) is 3. The number of carbonyl (C=O) groups is 1. The number of nitrogens with two attached hydrogens (primary N) is 1. The maximum atomic E-state index is 12.3. The van der Waals surface area contributed by atoms with Crippen LogP contribution in [-0.4, -0.2) is 54.1 Å². The van der Waals surface area contributed by atoms with E-state index in [-0.39, 0.29) is 24.6 Å². The number of amides is 1. The summed E-state index contributed by atoms with van der Waals surface area (Å²) in [6, 6.07) is 5.32. The van der Waals surface area contributed by atoms with Crippen molar-refractivity contribution in [1.82, 2.24) is 20.1 Å². The highest BCUT2D eigenvalue weighted by atomic mass is 16.5. The zero-order valence-electron chi connectivity index (χ0n) is 17.2. The maximum Gasteiger partial charge on any atom is 0.241 e. The Morgan fingerprint density at radius 3 is 2.83 bits per heavy atom. The van der Waals surface area contributed by atoms with Crippen LogP contribution < -0.4 is 20.5 Å². The number of benzene rings is 1. The van der Waals surface area contributed by atoms with Gasteiger partial charge in [0.25, 0.3) is 0 Å². The SMILES string of the molecule is COc1ccc(Cc2nc(C(C)N)n(CC(=O)NCC3CCCO3)n2)cc1OC. The summed E-state index contributed by atoms with van der Waals surface area (Å²) >= 11 is 0. The van der Waals surface area contributed by atoms with Gasteiger partial charge in [0.15, 0.2) is 17.3 Å². The molecule has 2 atom stereocenters. The van der Waals surface area contributed by atoms with Crippen molar-refractivity contribution in [3.05, 3.63) is 35.4 Å².